The number of anilines is 2. The predicted octanol–water partition coefficient (Wildman–Crippen LogP) is 5.40. The second kappa shape index (κ2) is 12.1. The highest BCUT2D eigenvalue weighted by Crippen LogP contribution is 2.31. The molecular formula is C30H38F3N5O3. The first kappa shape index (κ1) is 30.4. The summed E-state index contributed by atoms with van der Waals surface area (Å²) >= 11 is 0. The smallest absolute Gasteiger partial charge is 0.335 e. The van der Waals surface area contributed by atoms with E-state index in [0.717, 1.165) is 29.7 Å². The molecule has 1 saturated carbocycles. The van der Waals surface area contributed by atoms with Gasteiger partial charge in [0.2, 0.25) is 0 Å². The van der Waals surface area contributed by atoms with Crippen molar-refractivity contribution in [2.75, 3.05) is 29.9 Å². The summed E-state index contributed by atoms with van der Waals surface area (Å²) in [6, 6.07) is 13.3. The van der Waals surface area contributed by atoms with Crippen LogP contribution in [0.2, 0.25) is 0 Å². The molecule has 4 amide bonds. The molecule has 0 aromatic heterocycles. The first-order valence-corrected chi connectivity index (χ1v) is 13.9. The summed E-state index contributed by atoms with van der Waals surface area (Å²) in [6.07, 6.45) is -1.86. The number of urea groups is 1. The van der Waals surface area contributed by atoms with Crippen molar-refractivity contribution in [2.45, 2.75) is 77.3 Å². The SMILES string of the molecule is CC1CN(Cc2cccc(N(C(=O)C(F)(F)F)C(C)(C)C)c2)CCN1C(=O)c1ccc(NC(=O)NC2CCC2)cc1. The topological polar surface area (TPSA) is 85.0 Å². The lowest BCUT2D eigenvalue weighted by Gasteiger charge is -2.40. The van der Waals surface area contributed by atoms with Gasteiger partial charge in [0.05, 0.1) is 0 Å². The van der Waals surface area contributed by atoms with Crippen LogP contribution in [0.15, 0.2) is 48.5 Å². The molecule has 1 atom stereocenters. The van der Waals surface area contributed by atoms with E-state index in [1.54, 1.807) is 57.2 Å². The number of halogens is 3. The van der Waals surface area contributed by atoms with Crippen LogP contribution in [0.4, 0.5) is 29.3 Å². The zero-order valence-electron chi connectivity index (χ0n) is 23.9. The fourth-order valence-electron chi connectivity index (χ4n) is 5.23. The number of carbonyl (C=O) groups is 3. The molecule has 4 rings (SSSR count). The molecule has 8 nitrogen and oxygen atoms in total. The number of carbonyl (C=O) groups excluding carboxylic acids is 3. The highest BCUT2D eigenvalue weighted by Gasteiger charge is 2.46. The average molecular weight is 574 g/mol. The van der Waals surface area contributed by atoms with E-state index in [0.29, 0.717) is 37.4 Å². The number of hydrogen-bond donors (Lipinski definition) is 2. The van der Waals surface area contributed by atoms with E-state index in [2.05, 4.69) is 15.5 Å². The van der Waals surface area contributed by atoms with Crippen LogP contribution in [0.1, 0.15) is 62.9 Å². The Balaban J connectivity index is 1.35. The van der Waals surface area contributed by atoms with Gasteiger partial charge in [-0.3, -0.25) is 19.4 Å². The Bertz CT molecular complexity index is 1260. The lowest BCUT2D eigenvalue weighted by Crippen LogP contribution is -2.53. The first-order valence-electron chi connectivity index (χ1n) is 13.9. The monoisotopic (exact) mass is 573 g/mol. The summed E-state index contributed by atoms with van der Waals surface area (Å²) in [5.41, 5.74) is 1.04. The second-order valence-corrected chi connectivity index (χ2v) is 11.9. The Morgan fingerprint density at radius 1 is 1.00 bits per heavy atom. The van der Waals surface area contributed by atoms with Crippen LogP contribution in [0.5, 0.6) is 0 Å². The molecule has 1 saturated heterocycles. The van der Waals surface area contributed by atoms with Gasteiger partial charge in [0.1, 0.15) is 0 Å². The molecule has 0 spiro atoms. The van der Waals surface area contributed by atoms with Gasteiger partial charge in [0.15, 0.2) is 0 Å². The quantitative estimate of drug-likeness (QED) is 0.485. The maximum Gasteiger partial charge on any atom is 0.471 e. The van der Waals surface area contributed by atoms with E-state index in [1.165, 1.54) is 6.07 Å². The van der Waals surface area contributed by atoms with Crippen LogP contribution in [0.25, 0.3) is 0 Å². The number of benzene rings is 2. The minimum absolute atomic E-state index is 0.0941. The highest BCUT2D eigenvalue weighted by molar-refractivity contribution is 5.98. The number of nitrogens with one attached hydrogen (secondary N) is 2. The number of alkyl halides is 3. The third kappa shape index (κ3) is 7.58. The van der Waals surface area contributed by atoms with Crippen molar-refractivity contribution >= 4 is 29.2 Å². The highest BCUT2D eigenvalue weighted by atomic mass is 19.4. The van der Waals surface area contributed by atoms with Crippen LogP contribution in [0, 0.1) is 0 Å². The normalized spacial score (nSPS) is 18.4. The van der Waals surface area contributed by atoms with Crippen molar-refractivity contribution in [1.82, 2.24) is 15.1 Å². The van der Waals surface area contributed by atoms with Gasteiger partial charge >= 0.3 is 18.1 Å². The molecule has 2 aromatic rings. The Hall–Kier alpha value is -3.60. The fourth-order valence-corrected chi connectivity index (χ4v) is 5.23. The molecule has 2 aromatic carbocycles. The standard InChI is InChI=1S/C30H38F3N5O3/c1-20-18-36(19-21-7-5-10-25(17-21)38(29(2,3)4)27(40)30(31,32)33)15-16-37(20)26(39)22-11-13-24(14-12-22)35-28(41)34-23-8-6-9-23/h5,7,10-14,17,20,23H,6,8-9,15-16,18-19H2,1-4H3,(H2,34,35,41). The third-order valence-electron chi connectivity index (χ3n) is 7.49. The average Bonchev–Trinajstić information content (AvgIpc) is 2.85. The van der Waals surface area contributed by atoms with E-state index in [1.807, 2.05) is 17.9 Å². The Kier molecular flexibility index (Phi) is 8.96. The minimum Gasteiger partial charge on any atom is -0.335 e. The molecule has 1 aliphatic carbocycles. The number of nitrogens with zero attached hydrogens (tertiary/aromatic N) is 3. The van der Waals surface area contributed by atoms with Crippen LogP contribution < -0.4 is 15.5 Å². The van der Waals surface area contributed by atoms with E-state index in [-0.39, 0.29) is 29.7 Å². The maximum atomic E-state index is 13.3. The number of rotatable bonds is 6. The second-order valence-electron chi connectivity index (χ2n) is 11.9. The van der Waals surface area contributed by atoms with Crippen molar-refractivity contribution in [3.05, 3.63) is 59.7 Å². The van der Waals surface area contributed by atoms with Gasteiger partial charge in [0, 0.05) is 60.7 Å². The fraction of sp³-hybridized carbons (Fsp3) is 0.500. The molecule has 11 heteroatoms. The maximum absolute atomic E-state index is 13.3. The van der Waals surface area contributed by atoms with Crippen molar-refractivity contribution in [3.63, 3.8) is 0 Å². The Morgan fingerprint density at radius 3 is 2.24 bits per heavy atom. The number of piperazine rings is 1. The van der Waals surface area contributed by atoms with E-state index in [4.69, 9.17) is 0 Å². The zero-order chi connectivity index (χ0) is 29.9. The molecule has 1 unspecified atom stereocenters. The molecular weight excluding hydrogens is 535 g/mol. The summed E-state index contributed by atoms with van der Waals surface area (Å²) in [5, 5.41) is 5.71. The summed E-state index contributed by atoms with van der Waals surface area (Å²) in [7, 11) is 0. The summed E-state index contributed by atoms with van der Waals surface area (Å²) < 4.78 is 40.0. The van der Waals surface area contributed by atoms with Gasteiger partial charge in [0.25, 0.3) is 5.91 Å². The number of hydrogen-bond acceptors (Lipinski definition) is 4. The van der Waals surface area contributed by atoms with Gasteiger partial charge in [-0.1, -0.05) is 12.1 Å². The van der Waals surface area contributed by atoms with Crippen LogP contribution >= 0.6 is 0 Å². The van der Waals surface area contributed by atoms with Crippen molar-refractivity contribution < 1.29 is 27.6 Å². The molecule has 41 heavy (non-hydrogen) atoms. The lowest BCUT2D eigenvalue weighted by molar-refractivity contribution is -0.171. The van der Waals surface area contributed by atoms with E-state index in [9.17, 15) is 27.6 Å². The molecule has 2 fully saturated rings. The van der Waals surface area contributed by atoms with Crippen molar-refractivity contribution in [3.8, 4) is 0 Å². The van der Waals surface area contributed by atoms with E-state index < -0.39 is 17.6 Å². The molecule has 2 aliphatic rings. The van der Waals surface area contributed by atoms with E-state index >= 15 is 0 Å². The first-order chi connectivity index (χ1) is 19.2. The summed E-state index contributed by atoms with van der Waals surface area (Å²) in [5.74, 6) is -2.00. The number of amides is 4. The molecule has 0 radical (unpaired) electrons. The van der Waals surface area contributed by atoms with Gasteiger partial charge in [-0.25, -0.2) is 4.79 Å². The van der Waals surface area contributed by atoms with Crippen molar-refractivity contribution in [2.24, 2.45) is 0 Å². The van der Waals surface area contributed by atoms with Gasteiger partial charge in [-0.05, 0) is 88.9 Å². The van der Waals surface area contributed by atoms with Gasteiger partial charge in [-0.15, -0.1) is 0 Å². The molecule has 222 valence electrons. The van der Waals surface area contributed by atoms with Gasteiger partial charge < -0.3 is 15.5 Å². The van der Waals surface area contributed by atoms with Crippen LogP contribution in [-0.2, 0) is 11.3 Å². The lowest BCUT2D eigenvalue weighted by atomic mass is 9.93. The summed E-state index contributed by atoms with van der Waals surface area (Å²) in [4.78, 5) is 42.3. The zero-order valence-corrected chi connectivity index (χ0v) is 23.9. The predicted molar refractivity (Wildman–Crippen MR) is 152 cm³/mol. The van der Waals surface area contributed by atoms with Crippen LogP contribution in [-0.4, -0.2) is 71.1 Å². The molecule has 1 aliphatic heterocycles. The minimum atomic E-state index is -4.98. The largest absolute Gasteiger partial charge is 0.471 e. The van der Waals surface area contributed by atoms with Crippen molar-refractivity contribution in [1.29, 1.82) is 0 Å². The van der Waals surface area contributed by atoms with Gasteiger partial charge in [-0.2, -0.15) is 13.2 Å². The molecule has 2 N–H and O–H groups in total. The Labute approximate surface area is 238 Å². The molecule has 1 heterocycles. The van der Waals surface area contributed by atoms with Crippen LogP contribution in [0.3, 0.4) is 0 Å². The third-order valence-corrected chi connectivity index (χ3v) is 7.49. The molecule has 0 bridgehead atoms. The summed E-state index contributed by atoms with van der Waals surface area (Å²) in [6.45, 7) is 8.80. The Morgan fingerprint density at radius 2 is 1.68 bits per heavy atom.